The van der Waals surface area contributed by atoms with Gasteiger partial charge in [-0.3, -0.25) is 4.99 Å². The Morgan fingerprint density at radius 1 is 1.22 bits per heavy atom. The van der Waals surface area contributed by atoms with E-state index in [9.17, 15) is 5.11 Å². The van der Waals surface area contributed by atoms with Gasteiger partial charge in [-0.05, 0) is 37.3 Å². The summed E-state index contributed by atoms with van der Waals surface area (Å²) in [6.45, 7) is 2.42. The Morgan fingerprint density at radius 3 is 2.70 bits per heavy atom. The van der Waals surface area contributed by atoms with Gasteiger partial charge in [-0.1, -0.05) is 18.2 Å². The number of rotatable bonds is 5. The summed E-state index contributed by atoms with van der Waals surface area (Å²) in [5.41, 5.74) is 1.59. The lowest BCUT2D eigenvalue weighted by Crippen LogP contribution is -2.38. The van der Waals surface area contributed by atoms with Crippen molar-refractivity contribution in [1.82, 2.24) is 10.6 Å². The molecule has 0 aliphatic heterocycles. The van der Waals surface area contributed by atoms with Crippen LogP contribution in [-0.2, 0) is 6.54 Å². The number of furan rings is 1. The number of aliphatic imine (C=N–C) groups is 1. The molecule has 3 N–H and O–H groups in total. The molecule has 7 heteroatoms. The van der Waals surface area contributed by atoms with Crippen molar-refractivity contribution < 1.29 is 14.3 Å². The van der Waals surface area contributed by atoms with Crippen LogP contribution >= 0.6 is 24.0 Å². The van der Waals surface area contributed by atoms with Crippen LogP contribution in [0.2, 0.25) is 0 Å². The van der Waals surface area contributed by atoms with E-state index in [0.717, 1.165) is 22.3 Å². The average Bonchev–Trinajstić information content (AvgIpc) is 3.10. The van der Waals surface area contributed by atoms with E-state index in [-0.39, 0.29) is 35.8 Å². The Hall–Kier alpha value is -2.42. The fraction of sp³-hybridized carbons (Fsp3) is 0.250. The number of phenolic OH excluding ortho intramolecular Hbond substituents is 1. The predicted octanol–water partition coefficient (Wildman–Crippen LogP) is 4.19. The van der Waals surface area contributed by atoms with Gasteiger partial charge < -0.3 is 24.9 Å². The second-order valence-corrected chi connectivity index (χ2v) is 5.97. The van der Waals surface area contributed by atoms with Gasteiger partial charge in [0.25, 0.3) is 0 Å². The van der Waals surface area contributed by atoms with E-state index in [1.54, 1.807) is 32.4 Å². The molecule has 0 amide bonds. The van der Waals surface area contributed by atoms with Gasteiger partial charge in [0.2, 0.25) is 0 Å². The zero-order valence-electron chi connectivity index (χ0n) is 15.5. The predicted molar refractivity (Wildman–Crippen MR) is 118 cm³/mol. The maximum atomic E-state index is 9.99. The normalized spacial score (nSPS) is 12.3. The molecule has 3 rings (SSSR count). The minimum Gasteiger partial charge on any atom is -0.508 e. The fourth-order valence-corrected chi connectivity index (χ4v) is 2.70. The van der Waals surface area contributed by atoms with Crippen LogP contribution in [-0.4, -0.2) is 25.2 Å². The number of para-hydroxylation sites is 1. The largest absolute Gasteiger partial charge is 0.508 e. The average molecular weight is 481 g/mol. The molecule has 0 bridgehead atoms. The van der Waals surface area contributed by atoms with Crippen molar-refractivity contribution in [3.8, 4) is 11.5 Å². The van der Waals surface area contributed by atoms with Gasteiger partial charge in [-0.25, -0.2) is 0 Å². The number of methoxy groups -OCH3 is 1. The summed E-state index contributed by atoms with van der Waals surface area (Å²) in [6.07, 6.45) is 0. The third-order valence-electron chi connectivity index (χ3n) is 4.18. The van der Waals surface area contributed by atoms with E-state index in [2.05, 4.69) is 15.6 Å². The number of guanidine groups is 1. The van der Waals surface area contributed by atoms with Crippen molar-refractivity contribution in [3.63, 3.8) is 0 Å². The highest BCUT2D eigenvalue weighted by Crippen LogP contribution is 2.24. The molecule has 144 valence electrons. The van der Waals surface area contributed by atoms with Gasteiger partial charge in [0.05, 0.1) is 13.2 Å². The number of hydrogen-bond donors (Lipinski definition) is 3. The standard InChI is InChI=1S/C20H23N3O3.HI/c1-13(19-11-14-6-4-5-7-18(14)26-19)23-20(21-2)22-12-15-10-16(25-3)8-9-17(15)24;/h4-11,13,24H,12H2,1-3H3,(H2,21,22,23);1H. The first-order chi connectivity index (χ1) is 12.6. The number of phenols is 1. The smallest absolute Gasteiger partial charge is 0.191 e. The monoisotopic (exact) mass is 481 g/mol. The number of nitrogens with zero attached hydrogens (tertiary/aromatic N) is 1. The molecule has 2 aromatic carbocycles. The van der Waals surface area contributed by atoms with Crippen molar-refractivity contribution in [2.45, 2.75) is 19.5 Å². The van der Waals surface area contributed by atoms with Crippen molar-refractivity contribution in [2.75, 3.05) is 14.2 Å². The minimum atomic E-state index is -0.0625. The first-order valence-electron chi connectivity index (χ1n) is 8.42. The second-order valence-electron chi connectivity index (χ2n) is 5.97. The molecule has 1 aromatic heterocycles. The van der Waals surface area contributed by atoms with Gasteiger partial charge in [0, 0.05) is 24.5 Å². The molecule has 1 unspecified atom stereocenters. The zero-order valence-corrected chi connectivity index (χ0v) is 17.9. The molecule has 0 radical (unpaired) electrons. The van der Waals surface area contributed by atoms with Crippen LogP contribution in [0, 0.1) is 0 Å². The van der Waals surface area contributed by atoms with Crippen molar-refractivity contribution >= 4 is 40.9 Å². The van der Waals surface area contributed by atoms with E-state index in [0.29, 0.717) is 18.3 Å². The van der Waals surface area contributed by atoms with Crippen LogP contribution in [0.5, 0.6) is 11.5 Å². The van der Waals surface area contributed by atoms with Gasteiger partial charge >= 0.3 is 0 Å². The quantitative estimate of drug-likeness (QED) is 0.290. The minimum absolute atomic E-state index is 0. The van der Waals surface area contributed by atoms with E-state index in [4.69, 9.17) is 9.15 Å². The van der Waals surface area contributed by atoms with E-state index < -0.39 is 0 Å². The highest BCUT2D eigenvalue weighted by atomic mass is 127. The lowest BCUT2D eigenvalue weighted by atomic mass is 10.2. The summed E-state index contributed by atoms with van der Waals surface area (Å²) in [4.78, 5) is 4.23. The lowest BCUT2D eigenvalue weighted by Gasteiger charge is -2.17. The highest BCUT2D eigenvalue weighted by molar-refractivity contribution is 14.0. The van der Waals surface area contributed by atoms with Crippen molar-refractivity contribution in [2.24, 2.45) is 4.99 Å². The lowest BCUT2D eigenvalue weighted by molar-refractivity contribution is 0.410. The Balaban J connectivity index is 0.00000261. The second kappa shape index (κ2) is 9.50. The first-order valence-corrected chi connectivity index (χ1v) is 8.42. The van der Waals surface area contributed by atoms with E-state index >= 15 is 0 Å². The van der Waals surface area contributed by atoms with Crippen LogP contribution in [0.1, 0.15) is 24.3 Å². The number of nitrogens with one attached hydrogen (secondary N) is 2. The van der Waals surface area contributed by atoms with Gasteiger partial charge in [0.15, 0.2) is 5.96 Å². The van der Waals surface area contributed by atoms with Crippen LogP contribution in [0.25, 0.3) is 11.0 Å². The maximum absolute atomic E-state index is 9.99. The molecular formula is C20H24IN3O3. The third kappa shape index (κ3) is 5.06. The van der Waals surface area contributed by atoms with Crippen LogP contribution in [0.15, 0.2) is 57.9 Å². The van der Waals surface area contributed by atoms with Crippen LogP contribution < -0.4 is 15.4 Å². The molecular weight excluding hydrogens is 457 g/mol. The molecule has 0 aliphatic rings. The molecule has 0 saturated heterocycles. The Bertz CT molecular complexity index is 891. The number of benzene rings is 2. The molecule has 6 nitrogen and oxygen atoms in total. The Kier molecular flexibility index (Phi) is 7.35. The topological polar surface area (TPSA) is 79.0 Å². The molecule has 1 atom stereocenters. The van der Waals surface area contributed by atoms with E-state index in [1.165, 1.54) is 0 Å². The Morgan fingerprint density at radius 2 is 2.00 bits per heavy atom. The molecule has 3 aromatic rings. The van der Waals surface area contributed by atoms with Gasteiger partial charge in [0.1, 0.15) is 22.8 Å². The number of fused-ring (bicyclic) bond motifs is 1. The van der Waals surface area contributed by atoms with Crippen LogP contribution in [0.4, 0.5) is 0 Å². The SMILES string of the molecule is CN=C(NCc1cc(OC)ccc1O)NC(C)c1cc2ccccc2o1.I. The summed E-state index contributed by atoms with van der Waals surface area (Å²) >= 11 is 0. The molecule has 0 aliphatic carbocycles. The van der Waals surface area contributed by atoms with Gasteiger partial charge in [-0.15, -0.1) is 24.0 Å². The molecule has 0 spiro atoms. The zero-order chi connectivity index (χ0) is 18.5. The molecule has 0 fully saturated rings. The first kappa shape index (κ1) is 20.9. The number of ether oxygens (including phenoxy) is 1. The number of halogens is 1. The van der Waals surface area contributed by atoms with E-state index in [1.807, 2.05) is 37.3 Å². The highest BCUT2D eigenvalue weighted by Gasteiger charge is 2.13. The summed E-state index contributed by atoms with van der Waals surface area (Å²) in [5, 5.41) is 17.5. The van der Waals surface area contributed by atoms with Crippen molar-refractivity contribution in [3.05, 3.63) is 59.9 Å². The Labute approximate surface area is 175 Å². The van der Waals surface area contributed by atoms with Crippen molar-refractivity contribution in [1.29, 1.82) is 0 Å². The summed E-state index contributed by atoms with van der Waals surface area (Å²) in [5.74, 6) is 2.34. The summed E-state index contributed by atoms with van der Waals surface area (Å²) in [6, 6.07) is 15.0. The number of hydrogen-bond acceptors (Lipinski definition) is 4. The van der Waals surface area contributed by atoms with Crippen LogP contribution in [0.3, 0.4) is 0 Å². The third-order valence-corrected chi connectivity index (χ3v) is 4.18. The number of aromatic hydroxyl groups is 1. The molecule has 1 heterocycles. The summed E-state index contributed by atoms with van der Waals surface area (Å²) in [7, 11) is 3.30. The summed E-state index contributed by atoms with van der Waals surface area (Å²) < 4.78 is 11.1. The molecule has 0 saturated carbocycles. The van der Waals surface area contributed by atoms with Gasteiger partial charge in [-0.2, -0.15) is 0 Å². The maximum Gasteiger partial charge on any atom is 0.191 e. The fourth-order valence-electron chi connectivity index (χ4n) is 2.70. The molecule has 27 heavy (non-hydrogen) atoms.